The van der Waals surface area contributed by atoms with Crippen LogP contribution in [0.4, 0.5) is 0 Å². The number of carbonyl (C=O) groups excluding carboxylic acids is 3. The third-order valence-corrected chi connectivity index (χ3v) is 5.17. The van der Waals surface area contributed by atoms with Gasteiger partial charge in [0.05, 0.1) is 66.0 Å². The topological polar surface area (TPSA) is 199 Å². The van der Waals surface area contributed by atoms with E-state index in [0.717, 1.165) is 4.90 Å². The van der Waals surface area contributed by atoms with Gasteiger partial charge in [0.2, 0.25) is 11.8 Å². The second-order valence-corrected chi connectivity index (χ2v) is 9.50. The molecular weight excluding hydrogens is 534 g/mol. The van der Waals surface area contributed by atoms with E-state index in [1.165, 1.54) is 4.90 Å². The lowest BCUT2D eigenvalue weighted by Crippen LogP contribution is -2.60. The maximum atomic E-state index is 12.5. The zero-order chi connectivity index (χ0) is 29.8. The summed E-state index contributed by atoms with van der Waals surface area (Å²) in [7, 11) is 0. The molecule has 0 saturated carbocycles. The number of aliphatic carboxylic acids is 1. The minimum Gasteiger partial charge on any atom is -0.480 e. The first-order valence-electron chi connectivity index (χ1n) is 13.0. The van der Waals surface area contributed by atoms with Gasteiger partial charge in [0, 0.05) is 24.5 Å². The van der Waals surface area contributed by atoms with Crippen LogP contribution in [0.1, 0.15) is 27.2 Å². The summed E-state index contributed by atoms with van der Waals surface area (Å²) in [6.45, 7) is 7.96. The van der Waals surface area contributed by atoms with Crippen molar-refractivity contribution in [1.82, 2.24) is 9.80 Å². The third kappa shape index (κ3) is 16.2. The molecule has 0 aromatic carbocycles. The molecule has 1 fully saturated rings. The Morgan fingerprint density at radius 1 is 0.850 bits per heavy atom. The van der Waals surface area contributed by atoms with Crippen molar-refractivity contribution in [2.24, 2.45) is 5.11 Å². The second kappa shape index (κ2) is 20.0. The number of rotatable bonds is 20. The van der Waals surface area contributed by atoms with Gasteiger partial charge in [-0.25, -0.2) is 4.79 Å². The van der Waals surface area contributed by atoms with Gasteiger partial charge in [-0.2, -0.15) is 0 Å². The van der Waals surface area contributed by atoms with E-state index in [0.29, 0.717) is 46.2 Å². The second-order valence-electron chi connectivity index (χ2n) is 9.50. The summed E-state index contributed by atoms with van der Waals surface area (Å²) < 4.78 is 31.7. The number of carbonyl (C=O) groups is 4. The Kier molecular flexibility index (Phi) is 17.5. The van der Waals surface area contributed by atoms with Crippen LogP contribution >= 0.6 is 0 Å². The molecule has 0 spiro atoms. The highest BCUT2D eigenvalue weighted by Crippen LogP contribution is 2.14. The number of amides is 2. The molecule has 16 heteroatoms. The summed E-state index contributed by atoms with van der Waals surface area (Å²) in [6, 6.07) is -1.27. The van der Waals surface area contributed by atoms with Gasteiger partial charge in [-0.15, -0.1) is 0 Å². The van der Waals surface area contributed by atoms with Crippen LogP contribution in [-0.2, 0) is 47.6 Å². The van der Waals surface area contributed by atoms with E-state index in [4.69, 9.17) is 34.0 Å². The number of azide groups is 1. The molecule has 1 aliphatic heterocycles. The first-order chi connectivity index (χ1) is 19.0. The van der Waals surface area contributed by atoms with Crippen LogP contribution in [0, 0.1) is 0 Å². The van der Waals surface area contributed by atoms with Crippen LogP contribution in [0.15, 0.2) is 5.11 Å². The lowest BCUT2D eigenvalue weighted by Gasteiger charge is -2.39. The zero-order valence-corrected chi connectivity index (χ0v) is 23.4. The highest BCUT2D eigenvalue weighted by molar-refractivity contribution is 5.96. The van der Waals surface area contributed by atoms with Crippen molar-refractivity contribution in [1.29, 1.82) is 0 Å². The number of carboxylic acids is 1. The molecule has 1 rings (SSSR count). The van der Waals surface area contributed by atoms with Crippen molar-refractivity contribution in [3.05, 3.63) is 10.4 Å². The third-order valence-electron chi connectivity index (χ3n) is 5.17. The molecule has 0 aromatic rings. The highest BCUT2D eigenvalue weighted by atomic mass is 16.6. The van der Waals surface area contributed by atoms with Crippen molar-refractivity contribution < 1.29 is 52.7 Å². The predicted molar refractivity (Wildman–Crippen MR) is 138 cm³/mol. The van der Waals surface area contributed by atoms with E-state index in [1.807, 2.05) is 0 Å². The first kappa shape index (κ1) is 35.0. The van der Waals surface area contributed by atoms with Gasteiger partial charge < -0.3 is 43.3 Å². The van der Waals surface area contributed by atoms with Crippen molar-refractivity contribution in [2.75, 3.05) is 92.2 Å². The highest BCUT2D eigenvalue weighted by Gasteiger charge is 2.37. The lowest BCUT2D eigenvalue weighted by atomic mass is 10.1. The Balaban J connectivity index is 2.14. The van der Waals surface area contributed by atoms with Gasteiger partial charge in [-0.1, -0.05) is 5.11 Å². The van der Waals surface area contributed by atoms with Crippen LogP contribution in [0.2, 0.25) is 0 Å². The Morgan fingerprint density at radius 2 is 1.38 bits per heavy atom. The van der Waals surface area contributed by atoms with Crippen LogP contribution < -0.4 is 0 Å². The smallest absolute Gasteiger partial charge is 0.328 e. The number of esters is 1. The molecule has 0 bridgehead atoms. The number of carboxylic acid groups (broad SMARTS) is 1. The van der Waals surface area contributed by atoms with Crippen molar-refractivity contribution in [3.63, 3.8) is 0 Å². The molecule has 0 aromatic heterocycles. The van der Waals surface area contributed by atoms with Gasteiger partial charge in [0.15, 0.2) is 0 Å². The van der Waals surface area contributed by atoms with E-state index < -0.39 is 41.8 Å². The maximum absolute atomic E-state index is 12.5. The Bertz CT molecular complexity index is 846. The van der Waals surface area contributed by atoms with Crippen LogP contribution in [0.3, 0.4) is 0 Å². The van der Waals surface area contributed by atoms with Crippen molar-refractivity contribution in [2.45, 2.75) is 38.8 Å². The average Bonchev–Trinajstić information content (AvgIpc) is 2.88. The van der Waals surface area contributed by atoms with Gasteiger partial charge in [0.1, 0.15) is 24.7 Å². The lowest BCUT2D eigenvalue weighted by molar-refractivity contribution is -0.164. The first-order valence-corrected chi connectivity index (χ1v) is 13.0. The minimum absolute atomic E-state index is 0.0227. The molecule has 1 unspecified atom stereocenters. The quantitative estimate of drug-likeness (QED) is 0.0520. The van der Waals surface area contributed by atoms with Gasteiger partial charge in [-0.05, 0) is 26.3 Å². The largest absolute Gasteiger partial charge is 0.480 e. The molecule has 2 amide bonds. The molecule has 1 saturated heterocycles. The molecular formula is C24H41N5O11. The normalized spacial score (nSPS) is 15.4. The summed E-state index contributed by atoms with van der Waals surface area (Å²) in [4.78, 5) is 53.7. The Labute approximate surface area is 233 Å². The van der Waals surface area contributed by atoms with E-state index in [1.54, 1.807) is 20.8 Å². The SMILES string of the molecule is CC(C)(C)OC(=O)CC(=O)N1CCN(C(=O)COCCOCCOCCOCCOCCN=[N+]=[N-])CC1C(=O)O. The average molecular weight is 576 g/mol. The van der Waals surface area contributed by atoms with E-state index in [-0.39, 0.29) is 46.0 Å². The number of hydrogen-bond donors (Lipinski definition) is 1. The molecule has 40 heavy (non-hydrogen) atoms. The molecule has 228 valence electrons. The Morgan fingerprint density at radius 3 is 1.88 bits per heavy atom. The molecule has 16 nitrogen and oxygen atoms in total. The van der Waals surface area contributed by atoms with Crippen LogP contribution in [-0.4, -0.2) is 143 Å². The van der Waals surface area contributed by atoms with Crippen LogP contribution in [0.5, 0.6) is 0 Å². The summed E-state index contributed by atoms with van der Waals surface area (Å²) in [5, 5.41) is 12.9. The molecule has 1 aliphatic rings. The number of piperazine rings is 1. The van der Waals surface area contributed by atoms with Crippen molar-refractivity contribution in [3.8, 4) is 0 Å². The summed E-state index contributed by atoms with van der Waals surface area (Å²) in [5.74, 6) is -3.08. The summed E-state index contributed by atoms with van der Waals surface area (Å²) in [5.41, 5.74) is 7.36. The van der Waals surface area contributed by atoms with Gasteiger partial charge in [-0.3, -0.25) is 14.4 Å². The van der Waals surface area contributed by atoms with Crippen LogP contribution in [0.25, 0.3) is 10.4 Å². The molecule has 0 aliphatic carbocycles. The fourth-order valence-corrected chi connectivity index (χ4v) is 3.40. The fourth-order valence-electron chi connectivity index (χ4n) is 3.40. The summed E-state index contributed by atoms with van der Waals surface area (Å²) in [6.07, 6.45) is -0.575. The number of ether oxygens (including phenoxy) is 6. The zero-order valence-electron chi connectivity index (χ0n) is 23.4. The number of hydrogen-bond acceptors (Lipinski definition) is 11. The van der Waals surface area contributed by atoms with E-state index in [9.17, 15) is 24.3 Å². The molecule has 1 heterocycles. The van der Waals surface area contributed by atoms with Gasteiger partial charge >= 0.3 is 11.9 Å². The predicted octanol–water partition coefficient (Wildman–Crippen LogP) is 0.236. The minimum atomic E-state index is -1.27. The van der Waals surface area contributed by atoms with E-state index >= 15 is 0 Å². The standard InChI is InChI=1S/C24H41N5O11/c1-24(2,3)40-22(32)16-20(30)29-6-5-28(17-19(29)23(33)34)21(31)18-39-15-14-38-13-12-37-11-10-36-9-8-35-7-4-26-27-25/h19H,4-18H2,1-3H3,(H,33,34). The van der Waals surface area contributed by atoms with Crippen molar-refractivity contribution >= 4 is 23.8 Å². The maximum Gasteiger partial charge on any atom is 0.328 e. The number of nitrogens with zero attached hydrogens (tertiary/aromatic N) is 5. The molecule has 1 atom stereocenters. The fraction of sp³-hybridized carbons (Fsp3) is 0.833. The monoisotopic (exact) mass is 575 g/mol. The molecule has 1 N–H and O–H groups in total. The molecule has 0 radical (unpaired) electrons. The van der Waals surface area contributed by atoms with E-state index in [2.05, 4.69) is 10.0 Å². The van der Waals surface area contributed by atoms with Gasteiger partial charge in [0.25, 0.3) is 0 Å². The Hall–Kier alpha value is -3.01. The summed E-state index contributed by atoms with van der Waals surface area (Å²) >= 11 is 0.